The highest BCUT2D eigenvalue weighted by molar-refractivity contribution is 7.89. The van der Waals surface area contributed by atoms with Gasteiger partial charge in [0.15, 0.2) is 11.6 Å². The molecule has 0 bridgehead atoms. The minimum absolute atomic E-state index is 0.341. The van der Waals surface area contributed by atoms with Gasteiger partial charge in [0.1, 0.15) is 0 Å². The van der Waals surface area contributed by atoms with Crippen LogP contribution >= 0.6 is 0 Å². The average molecular weight is 304 g/mol. The van der Waals surface area contributed by atoms with Gasteiger partial charge in [-0.3, -0.25) is 4.79 Å². The highest BCUT2D eigenvalue weighted by Gasteiger charge is 2.23. The van der Waals surface area contributed by atoms with Gasteiger partial charge in [0, 0.05) is 6.54 Å². The fourth-order valence-corrected chi connectivity index (χ4v) is 2.47. The van der Waals surface area contributed by atoms with E-state index in [1.54, 1.807) is 0 Å². The Morgan fingerprint density at radius 1 is 1.35 bits per heavy atom. The molecule has 2 rings (SSSR count). The summed E-state index contributed by atoms with van der Waals surface area (Å²) in [7, 11) is -4.21. The van der Waals surface area contributed by atoms with Crippen molar-refractivity contribution in [2.24, 2.45) is 11.1 Å². The molecule has 0 atom stereocenters. The van der Waals surface area contributed by atoms with Crippen LogP contribution in [-0.4, -0.2) is 20.9 Å². The molecular weight excluding hydrogens is 290 g/mol. The Morgan fingerprint density at radius 3 is 2.50 bits per heavy atom. The predicted molar refractivity (Wildman–Crippen MR) is 67.4 cm³/mol. The van der Waals surface area contributed by atoms with Crippen molar-refractivity contribution in [2.75, 3.05) is 6.54 Å². The van der Waals surface area contributed by atoms with Crippen molar-refractivity contribution in [1.82, 2.24) is 5.32 Å². The summed E-state index contributed by atoms with van der Waals surface area (Å²) in [5, 5.41) is 7.32. The molecule has 0 unspecified atom stereocenters. The van der Waals surface area contributed by atoms with E-state index in [1.165, 1.54) is 0 Å². The van der Waals surface area contributed by atoms with Gasteiger partial charge in [-0.2, -0.15) is 0 Å². The molecule has 5 nitrogen and oxygen atoms in total. The Morgan fingerprint density at radius 2 is 2.00 bits per heavy atom. The normalized spacial score (nSPS) is 15.8. The molecule has 0 radical (unpaired) electrons. The summed E-state index contributed by atoms with van der Waals surface area (Å²) in [6.45, 7) is 0.361. The SMILES string of the molecule is NS(=O)(=O)c1cc(F)c(F)c(C(=O)NCC2CCC2)c1. The number of nitrogens with one attached hydrogen (secondary N) is 1. The first-order valence-corrected chi connectivity index (χ1v) is 7.63. The number of hydrogen-bond donors (Lipinski definition) is 2. The average Bonchev–Trinajstić information content (AvgIpc) is 2.28. The van der Waals surface area contributed by atoms with Crippen molar-refractivity contribution in [3.8, 4) is 0 Å². The maximum atomic E-state index is 13.6. The molecule has 1 aromatic carbocycles. The molecule has 1 saturated carbocycles. The summed E-state index contributed by atoms with van der Waals surface area (Å²) in [6.07, 6.45) is 3.05. The molecule has 1 aliphatic carbocycles. The number of carbonyl (C=O) groups is 1. The second kappa shape index (κ2) is 5.45. The first-order chi connectivity index (χ1) is 9.29. The van der Waals surface area contributed by atoms with E-state index in [9.17, 15) is 22.0 Å². The molecule has 1 aromatic rings. The van der Waals surface area contributed by atoms with Crippen LogP contribution in [0.2, 0.25) is 0 Å². The molecule has 0 aromatic heterocycles. The monoisotopic (exact) mass is 304 g/mol. The van der Waals surface area contributed by atoms with Crippen LogP contribution in [0.4, 0.5) is 8.78 Å². The van der Waals surface area contributed by atoms with Crippen molar-refractivity contribution < 1.29 is 22.0 Å². The number of nitrogens with two attached hydrogens (primary N) is 1. The highest BCUT2D eigenvalue weighted by Crippen LogP contribution is 2.25. The van der Waals surface area contributed by atoms with E-state index in [0.717, 1.165) is 25.3 Å². The van der Waals surface area contributed by atoms with Gasteiger partial charge < -0.3 is 5.32 Å². The molecule has 1 aliphatic rings. The summed E-state index contributed by atoms with van der Waals surface area (Å²) in [4.78, 5) is 11.2. The molecule has 0 spiro atoms. The summed E-state index contributed by atoms with van der Waals surface area (Å²) in [5.74, 6) is -3.32. The molecule has 0 heterocycles. The van der Waals surface area contributed by atoms with Gasteiger partial charge in [-0.15, -0.1) is 0 Å². The van der Waals surface area contributed by atoms with Crippen LogP contribution < -0.4 is 10.5 Å². The van der Waals surface area contributed by atoms with Crippen LogP contribution in [0.25, 0.3) is 0 Å². The van der Waals surface area contributed by atoms with Gasteiger partial charge in [0.25, 0.3) is 5.91 Å². The van der Waals surface area contributed by atoms with Crippen molar-refractivity contribution in [3.63, 3.8) is 0 Å². The van der Waals surface area contributed by atoms with E-state index in [2.05, 4.69) is 5.32 Å². The summed E-state index contributed by atoms with van der Waals surface area (Å²) >= 11 is 0. The Kier molecular flexibility index (Phi) is 4.05. The molecule has 0 aliphatic heterocycles. The van der Waals surface area contributed by atoms with Crippen LogP contribution in [0.3, 0.4) is 0 Å². The second-order valence-corrected chi connectivity index (χ2v) is 6.38. The molecule has 1 amide bonds. The van der Waals surface area contributed by atoms with Gasteiger partial charge in [0.2, 0.25) is 10.0 Å². The minimum atomic E-state index is -4.21. The molecule has 3 N–H and O–H groups in total. The Labute approximate surface area is 115 Å². The van der Waals surface area contributed by atoms with Crippen LogP contribution in [0.5, 0.6) is 0 Å². The number of amides is 1. The topological polar surface area (TPSA) is 89.3 Å². The van der Waals surface area contributed by atoms with Crippen LogP contribution in [0.1, 0.15) is 29.6 Å². The largest absolute Gasteiger partial charge is 0.352 e. The van der Waals surface area contributed by atoms with E-state index >= 15 is 0 Å². The van der Waals surface area contributed by atoms with Crippen LogP contribution in [0, 0.1) is 17.6 Å². The fraction of sp³-hybridized carbons (Fsp3) is 0.417. The van der Waals surface area contributed by atoms with Crippen LogP contribution in [0.15, 0.2) is 17.0 Å². The molecule has 1 fully saturated rings. The number of rotatable bonds is 4. The lowest BCUT2D eigenvalue weighted by Gasteiger charge is -2.25. The molecule has 0 saturated heterocycles. The summed E-state index contributed by atoms with van der Waals surface area (Å²) in [5.41, 5.74) is -0.659. The van der Waals surface area contributed by atoms with E-state index in [0.29, 0.717) is 18.5 Å². The number of carbonyl (C=O) groups excluding carboxylic acids is 1. The smallest absolute Gasteiger partial charge is 0.254 e. The van der Waals surface area contributed by atoms with Crippen molar-refractivity contribution >= 4 is 15.9 Å². The van der Waals surface area contributed by atoms with Crippen molar-refractivity contribution in [2.45, 2.75) is 24.2 Å². The number of benzene rings is 1. The Bertz CT molecular complexity index is 642. The van der Waals surface area contributed by atoms with Crippen molar-refractivity contribution in [3.05, 3.63) is 29.3 Å². The third kappa shape index (κ3) is 3.13. The lowest BCUT2D eigenvalue weighted by Crippen LogP contribution is -2.33. The zero-order chi connectivity index (χ0) is 14.9. The van der Waals surface area contributed by atoms with Crippen LogP contribution in [-0.2, 0) is 10.0 Å². The van der Waals surface area contributed by atoms with E-state index in [4.69, 9.17) is 5.14 Å². The molecule has 110 valence electrons. The maximum absolute atomic E-state index is 13.6. The van der Waals surface area contributed by atoms with Gasteiger partial charge in [-0.25, -0.2) is 22.3 Å². The lowest BCUT2D eigenvalue weighted by molar-refractivity contribution is 0.0933. The second-order valence-electron chi connectivity index (χ2n) is 4.82. The third-order valence-corrected chi connectivity index (χ3v) is 4.24. The highest BCUT2D eigenvalue weighted by atomic mass is 32.2. The standard InChI is InChI=1S/C12H14F2N2O3S/c13-10-5-8(20(15,18)19)4-9(11(10)14)12(17)16-6-7-2-1-3-7/h4-5,7H,1-3,6H2,(H,16,17)(H2,15,18,19). The lowest BCUT2D eigenvalue weighted by atomic mass is 9.85. The first kappa shape index (κ1) is 14.9. The minimum Gasteiger partial charge on any atom is -0.352 e. The van der Waals surface area contributed by atoms with Gasteiger partial charge >= 0.3 is 0 Å². The Hall–Kier alpha value is -1.54. The molecule has 20 heavy (non-hydrogen) atoms. The number of halogens is 2. The fourth-order valence-electron chi connectivity index (χ4n) is 1.92. The molecule has 8 heteroatoms. The maximum Gasteiger partial charge on any atom is 0.254 e. The third-order valence-electron chi connectivity index (χ3n) is 3.35. The van der Waals surface area contributed by atoms with E-state index < -0.39 is 38.0 Å². The van der Waals surface area contributed by atoms with E-state index in [-0.39, 0.29) is 0 Å². The zero-order valence-corrected chi connectivity index (χ0v) is 11.3. The molecular formula is C12H14F2N2O3S. The van der Waals surface area contributed by atoms with Crippen molar-refractivity contribution in [1.29, 1.82) is 0 Å². The van der Waals surface area contributed by atoms with Gasteiger partial charge in [-0.1, -0.05) is 6.42 Å². The number of primary sulfonamides is 1. The zero-order valence-electron chi connectivity index (χ0n) is 10.5. The quantitative estimate of drug-likeness (QED) is 0.874. The van der Waals surface area contributed by atoms with E-state index in [1.807, 2.05) is 0 Å². The van der Waals surface area contributed by atoms with Gasteiger partial charge in [0.05, 0.1) is 10.5 Å². The number of sulfonamides is 1. The summed E-state index contributed by atoms with van der Waals surface area (Å²) < 4.78 is 49.2. The Balaban J connectivity index is 2.24. The number of hydrogen-bond acceptors (Lipinski definition) is 3. The predicted octanol–water partition coefficient (Wildman–Crippen LogP) is 1.14. The first-order valence-electron chi connectivity index (χ1n) is 6.09. The van der Waals surface area contributed by atoms with Gasteiger partial charge in [-0.05, 0) is 30.9 Å². The summed E-state index contributed by atoms with van der Waals surface area (Å²) in [6, 6.07) is 1.19.